The lowest BCUT2D eigenvalue weighted by Gasteiger charge is -2.04. The first-order chi connectivity index (χ1) is 7.27. The molecule has 0 radical (unpaired) electrons. The van der Waals surface area contributed by atoms with E-state index in [0.29, 0.717) is 10.7 Å². The van der Waals surface area contributed by atoms with Crippen molar-refractivity contribution in [3.8, 4) is 0 Å². The van der Waals surface area contributed by atoms with Gasteiger partial charge in [0.05, 0.1) is 10.5 Å². The van der Waals surface area contributed by atoms with Crippen molar-refractivity contribution in [2.75, 3.05) is 0 Å². The molecule has 3 aromatic rings. The number of pyridine rings is 1. The molecule has 5 heteroatoms. The highest BCUT2D eigenvalue weighted by Crippen LogP contribution is 2.26. The first-order valence-corrected chi connectivity index (χ1v) is 4.91. The summed E-state index contributed by atoms with van der Waals surface area (Å²) in [5, 5.41) is 13.1. The van der Waals surface area contributed by atoms with Crippen LogP contribution in [0.1, 0.15) is 5.56 Å². The molecule has 0 atom stereocenters. The van der Waals surface area contributed by atoms with Crippen LogP contribution in [0.2, 0.25) is 5.02 Å². The summed E-state index contributed by atoms with van der Waals surface area (Å²) in [6, 6.07) is 7.72. The zero-order valence-corrected chi connectivity index (χ0v) is 8.73. The van der Waals surface area contributed by atoms with Crippen molar-refractivity contribution >= 4 is 28.2 Å². The number of rotatable bonds is 0. The van der Waals surface area contributed by atoms with Crippen LogP contribution in [0.4, 0.5) is 0 Å². The van der Waals surface area contributed by atoms with Gasteiger partial charge in [-0.3, -0.25) is 0 Å². The lowest BCUT2D eigenvalue weighted by molar-refractivity contribution is 0.840. The summed E-state index contributed by atoms with van der Waals surface area (Å²) in [6.07, 6.45) is 0. The Bertz CT molecular complexity index is 659. The Kier molecular flexibility index (Phi) is 1.67. The summed E-state index contributed by atoms with van der Waals surface area (Å²) in [4.78, 5) is 0. The van der Waals surface area contributed by atoms with Crippen molar-refractivity contribution in [1.82, 2.24) is 20.0 Å². The molecule has 0 amide bonds. The van der Waals surface area contributed by atoms with E-state index in [9.17, 15) is 0 Å². The molecule has 0 unspecified atom stereocenters. The van der Waals surface area contributed by atoms with Crippen LogP contribution in [0.5, 0.6) is 0 Å². The van der Waals surface area contributed by atoms with Crippen LogP contribution in [0, 0.1) is 6.92 Å². The maximum absolute atomic E-state index is 6.16. The summed E-state index contributed by atoms with van der Waals surface area (Å²) in [5.74, 6) is 0. The quantitative estimate of drug-likeness (QED) is 0.581. The molecule has 74 valence electrons. The molecule has 0 saturated heterocycles. The number of nitrogens with zero attached hydrogens (tertiary/aromatic N) is 4. The third-order valence-corrected chi connectivity index (χ3v) is 2.77. The van der Waals surface area contributed by atoms with Gasteiger partial charge in [-0.2, -0.15) is 4.52 Å². The molecule has 0 spiro atoms. The number of aryl methyl sites for hydroxylation is 1. The van der Waals surface area contributed by atoms with Gasteiger partial charge < -0.3 is 0 Å². The van der Waals surface area contributed by atoms with Gasteiger partial charge in [0, 0.05) is 11.5 Å². The van der Waals surface area contributed by atoms with Gasteiger partial charge >= 0.3 is 0 Å². The van der Waals surface area contributed by atoms with Gasteiger partial charge in [-0.15, -0.1) is 5.10 Å². The first-order valence-electron chi connectivity index (χ1n) is 4.53. The van der Waals surface area contributed by atoms with Crippen LogP contribution in [0.25, 0.3) is 16.6 Å². The standard InChI is InChI=1S/C10H7ClN4/c1-6-3-2-4-7-8(11)5-9-12-13-14-15(9)10(6)7/h2-5H,1H3. The average Bonchev–Trinajstić information content (AvgIpc) is 2.66. The molecule has 2 aromatic heterocycles. The summed E-state index contributed by atoms with van der Waals surface area (Å²) < 4.78 is 1.70. The largest absolute Gasteiger partial charge is 0.192 e. The molecular weight excluding hydrogens is 212 g/mol. The molecule has 0 aliphatic heterocycles. The average molecular weight is 219 g/mol. The Morgan fingerprint density at radius 1 is 1.33 bits per heavy atom. The zero-order chi connectivity index (χ0) is 10.4. The van der Waals surface area contributed by atoms with Gasteiger partial charge in [-0.05, 0) is 22.9 Å². The van der Waals surface area contributed by atoms with Crippen molar-refractivity contribution in [3.63, 3.8) is 0 Å². The van der Waals surface area contributed by atoms with Gasteiger partial charge in [0.15, 0.2) is 5.65 Å². The van der Waals surface area contributed by atoms with Crippen molar-refractivity contribution < 1.29 is 0 Å². The molecular formula is C10H7ClN4. The van der Waals surface area contributed by atoms with Crippen molar-refractivity contribution in [3.05, 3.63) is 34.9 Å². The van der Waals surface area contributed by atoms with Crippen LogP contribution in [0.15, 0.2) is 24.3 Å². The third-order valence-electron chi connectivity index (χ3n) is 2.46. The monoisotopic (exact) mass is 218 g/mol. The normalized spacial score (nSPS) is 11.3. The minimum Gasteiger partial charge on any atom is -0.192 e. The minimum absolute atomic E-state index is 0.668. The fourth-order valence-electron chi connectivity index (χ4n) is 1.77. The summed E-state index contributed by atoms with van der Waals surface area (Å²) in [5.41, 5.74) is 2.74. The number of benzene rings is 1. The lowest BCUT2D eigenvalue weighted by atomic mass is 10.1. The van der Waals surface area contributed by atoms with E-state index in [1.54, 1.807) is 10.6 Å². The molecule has 0 fully saturated rings. The van der Waals surface area contributed by atoms with Gasteiger partial charge in [0.25, 0.3) is 0 Å². The van der Waals surface area contributed by atoms with E-state index in [4.69, 9.17) is 11.6 Å². The number of hydrogen-bond donors (Lipinski definition) is 0. The van der Waals surface area contributed by atoms with Crippen molar-refractivity contribution in [1.29, 1.82) is 0 Å². The molecule has 0 aliphatic carbocycles. The molecule has 15 heavy (non-hydrogen) atoms. The Hall–Kier alpha value is -1.68. The second-order valence-electron chi connectivity index (χ2n) is 3.41. The van der Waals surface area contributed by atoms with E-state index >= 15 is 0 Å². The van der Waals surface area contributed by atoms with Crippen LogP contribution < -0.4 is 0 Å². The highest BCUT2D eigenvalue weighted by molar-refractivity contribution is 6.35. The Labute approximate surface area is 90.5 Å². The molecule has 0 saturated carbocycles. The Balaban J connectivity index is 2.69. The van der Waals surface area contributed by atoms with Gasteiger partial charge in [0.1, 0.15) is 0 Å². The number of tetrazole rings is 1. The third kappa shape index (κ3) is 1.11. The zero-order valence-electron chi connectivity index (χ0n) is 7.98. The van der Waals surface area contributed by atoms with E-state index in [1.165, 1.54) is 0 Å². The van der Waals surface area contributed by atoms with Crippen LogP contribution >= 0.6 is 11.6 Å². The Morgan fingerprint density at radius 2 is 2.20 bits per heavy atom. The van der Waals surface area contributed by atoms with E-state index < -0.39 is 0 Å². The maximum atomic E-state index is 6.16. The van der Waals surface area contributed by atoms with Gasteiger partial charge in [-0.25, -0.2) is 0 Å². The smallest absolute Gasteiger partial charge is 0.181 e. The predicted octanol–water partition coefficient (Wildman–Crippen LogP) is 2.24. The summed E-state index contributed by atoms with van der Waals surface area (Å²) >= 11 is 6.16. The van der Waals surface area contributed by atoms with Crippen LogP contribution in [0.3, 0.4) is 0 Å². The summed E-state index contributed by atoms with van der Waals surface area (Å²) in [6.45, 7) is 2.01. The second kappa shape index (κ2) is 2.90. The fraction of sp³-hybridized carbons (Fsp3) is 0.100. The predicted molar refractivity (Wildman–Crippen MR) is 58.0 cm³/mol. The maximum Gasteiger partial charge on any atom is 0.181 e. The molecule has 1 aromatic carbocycles. The minimum atomic E-state index is 0.668. The first kappa shape index (κ1) is 8.61. The second-order valence-corrected chi connectivity index (χ2v) is 3.82. The van der Waals surface area contributed by atoms with E-state index in [0.717, 1.165) is 16.5 Å². The highest BCUT2D eigenvalue weighted by atomic mass is 35.5. The lowest BCUT2D eigenvalue weighted by Crippen LogP contribution is -1.93. The van der Waals surface area contributed by atoms with Crippen molar-refractivity contribution in [2.45, 2.75) is 6.92 Å². The fourth-order valence-corrected chi connectivity index (χ4v) is 2.02. The van der Waals surface area contributed by atoms with Crippen LogP contribution in [-0.4, -0.2) is 20.0 Å². The Morgan fingerprint density at radius 3 is 3.07 bits per heavy atom. The molecule has 0 bridgehead atoms. The number of halogens is 1. The van der Waals surface area contributed by atoms with Gasteiger partial charge in [0.2, 0.25) is 0 Å². The molecule has 0 aliphatic rings. The number of para-hydroxylation sites is 1. The SMILES string of the molecule is Cc1cccc2c(Cl)cc3nnnn3c12. The number of hydrogen-bond acceptors (Lipinski definition) is 3. The van der Waals surface area contributed by atoms with E-state index in [-0.39, 0.29) is 0 Å². The van der Waals surface area contributed by atoms with E-state index in [1.807, 2.05) is 25.1 Å². The number of aromatic nitrogens is 4. The molecule has 2 heterocycles. The van der Waals surface area contributed by atoms with Gasteiger partial charge in [-0.1, -0.05) is 29.8 Å². The van der Waals surface area contributed by atoms with E-state index in [2.05, 4.69) is 15.5 Å². The molecule has 3 rings (SSSR count). The highest BCUT2D eigenvalue weighted by Gasteiger charge is 2.08. The number of fused-ring (bicyclic) bond motifs is 3. The molecule has 4 nitrogen and oxygen atoms in total. The molecule has 0 N–H and O–H groups in total. The summed E-state index contributed by atoms with van der Waals surface area (Å²) in [7, 11) is 0. The van der Waals surface area contributed by atoms with Crippen molar-refractivity contribution in [2.24, 2.45) is 0 Å². The van der Waals surface area contributed by atoms with Crippen LogP contribution in [-0.2, 0) is 0 Å². The topological polar surface area (TPSA) is 43.1 Å².